The molecule has 2 aromatic rings. The molecule has 0 saturated heterocycles. The van der Waals surface area contributed by atoms with Gasteiger partial charge < -0.3 is 10.3 Å². The maximum absolute atomic E-state index is 12.0. The van der Waals surface area contributed by atoms with Crippen molar-refractivity contribution in [2.45, 2.75) is 6.92 Å². The normalized spacial score (nSPS) is 10.3. The lowest BCUT2D eigenvalue weighted by Crippen LogP contribution is -2.12. The minimum Gasteiger partial charge on any atom is -0.320 e. The van der Waals surface area contributed by atoms with Crippen molar-refractivity contribution in [3.8, 4) is 0 Å². The van der Waals surface area contributed by atoms with Crippen molar-refractivity contribution < 1.29 is 9.72 Å². The molecule has 7 nitrogen and oxygen atoms in total. The third-order valence-corrected chi connectivity index (χ3v) is 3.74. The number of carbonyl (C=O) groups excluding carboxylic acids is 1. The average molecular weight is 314 g/mol. The Morgan fingerprint density at radius 2 is 2.20 bits per heavy atom. The Hall–Kier alpha value is -2.19. The Balaban J connectivity index is 2.26. The van der Waals surface area contributed by atoms with Crippen LogP contribution >= 0.6 is 22.9 Å². The van der Waals surface area contributed by atoms with E-state index >= 15 is 0 Å². The van der Waals surface area contributed by atoms with E-state index in [-0.39, 0.29) is 26.1 Å². The van der Waals surface area contributed by atoms with E-state index < -0.39 is 10.8 Å². The number of nitro benzene ring substituents is 1. The van der Waals surface area contributed by atoms with Gasteiger partial charge in [0, 0.05) is 17.8 Å². The van der Waals surface area contributed by atoms with E-state index in [1.807, 2.05) is 0 Å². The van der Waals surface area contributed by atoms with E-state index in [1.54, 1.807) is 6.92 Å². The highest BCUT2D eigenvalue weighted by molar-refractivity contribution is 7.11. The summed E-state index contributed by atoms with van der Waals surface area (Å²) in [5.74, 6) is -0.499. The molecule has 104 valence electrons. The van der Waals surface area contributed by atoms with Gasteiger partial charge in [0.15, 0.2) is 0 Å². The summed E-state index contributed by atoms with van der Waals surface area (Å²) in [6.45, 7) is 1.60. The van der Waals surface area contributed by atoms with Crippen LogP contribution in [-0.4, -0.2) is 15.8 Å². The van der Waals surface area contributed by atoms with Crippen molar-refractivity contribution in [1.29, 1.82) is 0 Å². The van der Waals surface area contributed by atoms with E-state index in [9.17, 15) is 19.7 Å². The Morgan fingerprint density at radius 1 is 1.50 bits per heavy atom. The van der Waals surface area contributed by atoms with Gasteiger partial charge in [-0.2, -0.15) is 0 Å². The van der Waals surface area contributed by atoms with Gasteiger partial charge in [-0.05, 0) is 13.0 Å². The lowest BCUT2D eigenvalue weighted by Gasteiger charge is -2.06. The van der Waals surface area contributed by atoms with Gasteiger partial charge in [0.2, 0.25) is 0 Å². The Bertz CT molecular complexity index is 752. The number of halogens is 1. The molecule has 1 amide bonds. The second-order valence-corrected chi connectivity index (χ2v) is 5.23. The number of hydrogen-bond acceptors (Lipinski definition) is 5. The van der Waals surface area contributed by atoms with Crippen LogP contribution in [0.5, 0.6) is 0 Å². The zero-order valence-corrected chi connectivity index (χ0v) is 11.7. The number of aromatic nitrogens is 1. The number of hydrogen-bond donors (Lipinski definition) is 2. The van der Waals surface area contributed by atoms with Crippen molar-refractivity contribution in [2.75, 3.05) is 5.32 Å². The molecule has 0 saturated carbocycles. The molecule has 0 aliphatic rings. The summed E-state index contributed by atoms with van der Waals surface area (Å²) in [6.07, 6.45) is 0. The van der Waals surface area contributed by atoms with Crippen LogP contribution in [0.1, 0.15) is 15.4 Å². The van der Waals surface area contributed by atoms with Gasteiger partial charge in [-0.15, -0.1) is 0 Å². The molecule has 2 rings (SSSR count). The maximum atomic E-state index is 12.0. The Morgan fingerprint density at radius 3 is 2.70 bits per heavy atom. The molecular formula is C11H8ClN3O4S. The average Bonchev–Trinajstić information content (AvgIpc) is 2.70. The minimum atomic E-state index is -0.584. The summed E-state index contributed by atoms with van der Waals surface area (Å²) >= 11 is 6.65. The molecule has 0 atom stereocenters. The highest BCUT2D eigenvalue weighted by Crippen LogP contribution is 2.27. The van der Waals surface area contributed by atoms with Crippen LogP contribution in [0.15, 0.2) is 23.0 Å². The van der Waals surface area contributed by atoms with E-state index in [2.05, 4.69) is 10.3 Å². The first-order valence-corrected chi connectivity index (χ1v) is 6.53. The van der Waals surface area contributed by atoms with Gasteiger partial charge in [0.1, 0.15) is 4.88 Å². The number of benzene rings is 1. The standard InChI is InChI=1S/C11H8ClN3O4S/c1-5-9(20-11(17)13-5)10(16)14-8-3-2-6(15(18)19)4-7(8)12/h2-4H,1H3,(H,13,17)(H,14,16). The Labute approximate surface area is 121 Å². The molecule has 0 unspecified atom stereocenters. The lowest BCUT2D eigenvalue weighted by atomic mass is 10.2. The van der Waals surface area contributed by atoms with Crippen LogP contribution < -0.4 is 10.2 Å². The molecule has 20 heavy (non-hydrogen) atoms. The summed E-state index contributed by atoms with van der Waals surface area (Å²) in [4.78, 5) is 35.5. The quantitative estimate of drug-likeness (QED) is 0.671. The first-order valence-electron chi connectivity index (χ1n) is 5.33. The SMILES string of the molecule is Cc1[nH]c(=O)sc1C(=O)Nc1ccc([N+](=O)[O-])cc1Cl. The van der Waals surface area contributed by atoms with E-state index in [4.69, 9.17) is 11.6 Å². The van der Waals surface area contributed by atoms with Gasteiger partial charge in [0.25, 0.3) is 11.6 Å². The zero-order chi connectivity index (χ0) is 14.9. The molecule has 1 aromatic carbocycles. The number of rotatable bonds is 3. The third kappa shape index (κ3) is 2.86. The van der Waals surface area contributed by atoms with Crippen molar-refractivity contribution in [3.05, 3.63) is 53.6 Å². The van der Waals surface area contributed by atoms with Crippen LogP contribution in [0.2, 0.25) is 5.02 Å². The van der Waals surface area contributed by atoms with Crippen LogP contribution in [0, 0.1) is 17.0 Å². The predicted molar refractivity (Wildman–Crippen MR) is 75.7 cm³/mol. The molecule has 0 radical (unpaired) electrons. The monoisotopic (exact) mass is 313 g/mol. The molecule has 2 N–H and O–H groups in total. The van der Waals surface area contributed by atoms with Gasteiger partial charge in [-0.3, -0.25) is 19.7 Å². The van der Waals surface area contributed by atoms with Crippen LogP contribution in [0.4, 0.5) is 11.4 Å². The van der Waals surface area contributed by atoms with Crippen molar-refractivity contribution in [2.24, 2.45) is 0 Å². The fourth-order valence-electron chi connectivity index (χ4n) is 1.52. The zero-order valence-electron chi connectivity index (χ0n) is 10.1. The number of amides is 1. The predicted octanol–water partition coefficient (Wildman–Crippen LogP) is 2.56. The summed E-state index contributed by atoms with van der Waals surface area (Å²) < 4.78 is 0. The number of thiazole rings is 1. The van der Waals surface area contributed by atoms with Gasteiger partial charge >= 0.3 is 4.87 Å². The van der Waals surface area contributed by atoms with Crippen LogP contribution in [0.3, 0.4) is 0 Å². The smallest absolute Gasteiger partial charge is 0.305 e. The van der Waals surface area contributed by atoms with E-state index in [0.717, 1.165) is 17.4 Å². The first kappa shape index (κ1) is 14.2. The largest absolute Gasteiger partial charge is 0.320 e. The molecule has 1 aromatic heterocycles. The second-order valence-electron chi connectivity index (χ2n) is 3.84. The summed E-state index contributed by atoms with van der Waals surface area (Å²) in [5.41, 5.74) is 0.522. The number of H-pyrrole nitrogens is 1. The van der Waals surface area contributed by atoms with Crippen molar-refractivity contribution in [1.82, 2.24) is 4.98 Å². The lowest BCUT2D eigenvalue weighted by molar-refractivity contribution is -0.384. The number of nitrogens with zero attached hydrogens (tertiary/aromatic N) is 1. The van der Waals surface area contributed by atoms with Gasteiger partial charge in [0.05, 0.1) is 15.6 Å². The molecule has 0 aliphatic carbocycles. The molecule has 0 aliphatic heterocycles. The van der Waals surface area contributed by atoms with Crippen molar-refractivity contribution in [3.63, 3.8) is 0 Å². The number of carbonyl (C=O) groups is 1. The number of non-ortho nitro benzene ring substituents is 1. The number of nitro groups is 1. The molecule has 1 heterocycles. The molecule has 0 fully saturated rings. The van der Waals surface area contributed by atoms with E-state index in [0.29, 0.717) is 5.69 Å². The van der Waals surface area contributed by atoms with Gasteiger partial charge in [-0.25, -0.2) is 0 Å². The van der Waals surface area contributed by atoms with Crippen LogP contribution in [-0.2, 0) is 0 Å². The third-order valence-electron chi connectivity index (χ3n) is 2.44. The molecule has 0 bridgehead atoms. The number of aromatic amines is 1. The number of anilines is 1. The van der Waals surface area contributed by atoms with E-state index in [1.165, 1.54) is 12.1 Å². The van der Waals surface area contributed by atoms with Crippen LogP contribution in [0.25, 0.3) is 0 Å². The number of aryl methyl sites for hydroxylation is 1. The number of nitrogens with one attached hydrogen (secondary N) is 2. The Kier molecular flexibility index (Phi) is 3.86. The topological polar surface area (TPSA) is 105 Å². The van der Waals surface area contributed by atoms with Gasteiger partial charge in [-0.1, -0.05) is 22.9 Å². The minimum absolute atomic E-state index is 0.0492. The summed E-state index contributed by atoms with van der Waals surface area (Å²) in [5, 5.41) is 13.1. The van der Waals surface area contributed by atoms with Crippen molar-refractivity contribution >= 4 is 40.2 Å². The molecule has 9 heteroatoms. The highest BCUT2D eigenvalue weighted by Gasteiger charge is 2.16. The highest BCUT2D eigenvalue weighted by atomic mass is 35.5. The summed E-state index contributed by atoms with van der Waals surface area (Å²) in [6, 6.07) is 3.71. The fraction of sp³-hybridized carbons (Fsp3) is 0.0909. The molecule has 0 spiro atoms. The first-order chi connectivity index (χ1) is 9.38. The molecular weight excluding hydrogens is 306 g/mol. The summed E-state index contributed by atoms with van der Waals surface area (Å²) in [7, 11) is 0. The maximum Gasteiger partial charge on any atom is 0.305 e. The fourth-order valence-corrected chi connectivity index (χ4v) is 2.48. The second kappa shape index (κ2) is 5.43.